The molecule has 0 saturated carbocycles. The number of rotatable bonds is 8. The number of ether oxygens (including phenoxy) is 1. The molecule has 1 heterocycles. The van der Waals surface area contributed by atoms with E-state index in [-0.39, 0.29) is 18.4 Å². The second kappa shape index (κ2) is 9.37. The molecule has 148 valence electrons. The van der Waals surface area contributed by atoms with Gasteiger partial charge in [-0.3, -0.25) is 14.5 Å². The van der Waals surface area contributed by atoms with Gasteiger partial charge in [-0.05, 0) is 50.2 Å². The van der Waals surface area contributed by atoms with E-state index in [9.17, 15) is 9.59 Å². The second-order valence-corrected chi connectivity index (χ2v) is 7.10. The highest BCUT2D eigenvalue weighted by Gasteiger charge is 2.21. The minimum absolute atomic E-state index is 0.0942. The van der Waals surface area contributed by atoms with Gasteiger partial charge in [-0.15, -0.1) is 0 Å². The number of para-hydroxylation sites is 1. The minimum Gasteiger partial charge on any atom is -0.492 e. The molecule has 0 radical (unpaired) electrons. The lowest BCUT2D eigenvalue weighted by atomic mass is 10.2. The van der Waals surface area contributed by atoms with Crippen LogP contribution in [-0.2, 0) is 9.59 Å². The van der Waals surface area contributed by atoms with Gasteiger partial charge in [-0.1, -0.05) is 24.3 Å². The van der Waals surface area contributed by atoms with Gasteiger partial charge in [0.2, 0.25) is 11.8 Å². The summed E-state index contributed by atoms with van der Waals surface area (Å²) in [7, 11) is 1.89. The molecule has 2 amide bonds. The average molecular weight is 381 g/mol. The molecule has 0 aromatic heterocycles. The Hall–Kier alpha value is -2.86. The predicted molar refractivity (Wildman–Crippen MR) is 111 cm³/mol. The van der Waals surface area contributed by atoms with Crippen LogP contribution in [0.4, 0.5) is 11.4 Å². The third kappa shape index (κ3) is 5.33. The van der Waals surface area contributed by atoms with Gasteiger partial charge >= 0.3 is 0 Å². The van der Waals surface area contributed by atoms with Crippen molar-refractivity contribution in [3.63, 3.8) is 0 Å². The Balaban J connectivity index is 1.46. The van der Waals surface area contributed by atoms with E-state index >= 15 is 0 Å². The lowest BCUT2D eigenvalue weighted by molar-refractivity contribution is -0.117. The molecular weight excluding hydrogens is 354 g/mol. The topological polar surface area (TPSA) is 61.9 Å². The summed E-state index contributed by atoms with van der Waals surface area (Å²) in [5.74, 6) is 0.911. The summed E-state index contributed by atoms with van der Waals surface area (Å²) in [6.45, 7) is 4.17. The molecule has 0 aliphatic carbocycles. The number of nitrogens with one attached hydrogen (secondary N) is 1. The fourth-order valence-corrected chi connectivity index (χ4v) is 3.23. The Kier molecular flexibility index (Phi) is 6.66. The highest BCUT2D eigenvalue weighted by Crippen LogP contribution is 2.24. The number of amides is 2. The number of hydrogen-bond donors (Lipinski definition) is 1. The molecule has 3 rings (SSSR count). The number of likely N-dealkylation sites (N-methyl/N-ethyl adjacent to an activating group) is 1. The van der Waals surface area contributed by atoms with Crippen molar-refractivity contribution in [3.8, 4) is 5.75 Å². The molecule has 0 unspecified atom stereocenters. The summed E-state index contributed by atoms with van der Waals surface area (Å²) in [5.41, 5.74) is 2.63. The van der Waals surface area contributed by atoms with Gasteiger partial charge in [0, 0.05) is 30.9 Å². The van der Waals surface area contributed by atoms with E-state index in [1.807, 2.05) is 67.4 Å². The third-order valence-electron chi connectivity index (χ3n) is 4.75. The van der Waals surface area contributed by atoms with Crippen LogP contribution in [0.15, 0.2) is 48.5 Å². The summed E-state index contributed by atoms with van der Waals surface area (Å²) < 4.78 is 5.78. The van der Waals surface area contributed by atoms with Crippen LogP contribution in [0, 0.1) is 6.92 Å². The van der Waals surface area contributed by atoms with Crippen molar-refractivity contribution < 1.29 is 14.3 Å². The fraction of sp³-hybridized carbons (Fsp3) is 0.364. The van der Waals surface area contributed by atoms with E-state index in [2.05, 4.69) is 5.32 Å². The van der Waals surface area contributed by atoms with Gasteiger partial charge in [0.1, 0.15) is 12.4 Å². The predicted octanol–water partition coefficient (Wildman–Crippen LogP) is 3.07. The van der Waals surface area contributed by atoms with Gasteiger partial charge < -0.3 is 15.0 Å². The molecule has 2 aromatic rings. The molecule has 6 heteroatoms. The molecule has 1 aliphatic heterocycles. The van der Waals surface area contributed by atoms with Crippen LogP contribution in [0.2, 0.25) is 0 Å². The number of carbonyl (C=O) groups excluding carboxylic acids is 2. The van der Waals surface area contributed by atoms with E-state index in [0.717, 1.165) is 30.0 Å². The summed E-state index contributed by atoms with van der Waals surface area (Å²) in [6, 6.07) is 15.3. The van der Waals surface area contributed by atoms with Crippen LogP contribution in [0.25, 0.3) is 0 Å². The van der Waals surface area contributed by atoms with E-state index < -0.39 is 0 Å². The summed E-state index contributed by atoms with van der Waals surface area (Å²) in [5, 5.41) is 2.91. The van der Waals surface area contributed by atoms with Crippen LogP contribution in [0.1, 0.15) is 18.4 Å². The van der Waals surface area contributed by atoms with Gasteiger partial charge in [0.05, 0.1) is 6.54 Å². The van der Waals surface area contributed by atoms with E-state index in [0.29, 0.717) is 25.3 Å². The second-order valence-electron chi connectivity index (χ2n) is 7.10. The minimum atomic E-state index is -0.0942. The number of aryl methyl sites for hydroxylation is 1. The maximum Gasteiger partial charge on any atom is 0.238 e. The lowest BCUT2D eigenvalue weighted by Gasteiger charge is -2.19. The zero-order valence-corrected chi connectivity index (χ0v) is 16.5. The monoisotopic (exact) mass is 381 g/mol. The normalized spacial score (nSPS) is 13.8. The van der Waals surface area contributed by atoms with Gasteiger partial charge in [-0.2, -0.15) is 0 Å². The van der Waals surface area contributed by atoms with Crippen LogP contribution in [0.3, 0.4) is 0 Å². The standard InChI is InChI=1S/C22H27N3O3/c1-17-7-3-4-10-20(17)28-14-13-24(2)16-21(26)23-18-8-5-9-19(15-18)25-12-6-11-22(25)27/h3-5,7-10,15H,6,11-14,16H2,1-2H3,(H,23,26). The van der Waals surface area contributed by atoms with Crippen LogP contribution >= 0.6 is 0 Å². The van der Waals surface area contributed by atoms with Crippen molar-refractivity contribution in [1.29, 1.82) is 0 Å². The van der Waals surface area contributed by atoms with E-state index in [4.69, 9.17) is 4.74 Å². The first-order chi connectivity index (χ1) is 13.5. The lowest BCUT2D eigenvalue weighted by Crippen LogP contribution is -2.33. The zero-order valence-electron chi connectivity index (χ0n) is 16.5. The van der Waals surface area contributed by atoms with Crippen LogP contribution < -0.4 is 15.0 Å². The Morgan fingerprint density at radius 2 is 2.04 bits per heavy atom. The Morgan fingerprint density at radius 3 is 2.79 bits per heavy atom. The number of carbonyl (C=O) groups is 2. The number of nitrogens with zero attached hydrogens (tertiary/aromatic N) is 2. The number of hydrogen-bond acceptors (Lipinski definition) is 4. The zero-order chi connectivity index (χ0) is 19.9. The molecule has 0 spiro atoms. The van der Waals surface area contributed by atoms with Gasteiger partial charge in [-0.25, -0.2) is 0 Å². The average Bonchev–Trinajstić information content (AvgIpc) is 3.09. The smallest absolute Gasteiger partial charge is 0.238 e. The Labute approximate surface area is 166 Å². The molecule has 6 nitrogen and oxygen atoms in total. The number of anilines is 2. The summed E-state index contributed by atoms with van der Waals surface area (Å²) in [6.07, 6.45) is 1.47. The molecule has 28 heavy (non-hydrogen) atoms. The molecule has 2 aromatic carbocycles. The molecule has 0 atom stereocenters. The first-order valence-corrected chi connectivity index (χ1v) is 9.60. The van der Waals surface area contributed by atoms with Crippen molar-refractivity contribution in [2.75, 3.05) is 43.5 Å². The van der Waals surface area contributed by atoms with Crippen LogP contribution in [0.5, 0.6) is 5.75 Å². The maximum atomic E-state index is 12.3. The van der Waals surface area contributed by atoms with Crippen molar-refractivity contribution in [2.45, 2.75) is 19.8 Å². The van der Waals surface area contributed by atoms with Crippen molar-refractivity contribution in [1.82, 2.24) is 4.90 Å². The van der Waals surface area contributed by atoms with Crippen molar-refractivity contribution in [2.24, 2.45) is 0 Å². The molecule has 1 saturated heterocycles. The first-order valence-electron chi connectivity index (χ1n) is 9.60. The molecule has 0 bridgehead atoms. The first kappa shape index (κ1) is 19.9. The van der Waals surface area contributed by atoms with Crippen LogP contribution in [-0.4, -0.2) is 50.0 Å². The molecule has 1 fully saturated rings. The summed E-state index contributed by atoms with van der Waals surface area (Å²) in [4.78, 5) is 27.9. The van der Waals surface area contributed by atoms with Gasteiger partial charge in [0.15, 0.2) is 0 Å². The third-order valence-corrected chi connectivity index (χ3v) is 4.75. The SMILES string of the molecule is Cc1ccccc1OCCN(C)CC(=O)Nc1cccc(N2CCCC2=O)c1. The highest BCUT2D eigenvalue weighted by molar-refractivity contribution is 5.97. The molecular formula is C22H27N3O3. The van der Waals surface area contributed by atoms with E-state index in [1.54, 1.807) is 4.90 Å². The largest absolute Gasteiger partial charge is 0.492 e. The van der Waals surface area contributed by atoms with E-state index in [1.165, 1.54) is 0 Å². The Morgan fingerprint density at radius 1 is 1.21 bits per heavy atom. The molecule has 1 N–H and O–H groups in total. The van der Waals surface area contributed by atoms with Gasteiger partial charge in [0.25, 0.3) is 0 Å². The maximum absolute atomic E-state index is 12.3. The highest BCUT2D eigenvalue weighted by atomic mass is 16.5. The quantitative estimate of drug-likeness (QED) is 0.763. The number of benzene rings is 2. The fourth-order valence-electron chi connectivity index (χ4n) is 3.23. The Bertz CT molecular complexity index is 837. The molecule has 1 aliphatic rings. The van der Waals surface area contributed by atoms with Crippen molar-refractivity contribution >= 4 is 23.2 Å². The summed E-state index contributed by atoms with van der Waals surface area (Å²) >= 11 is 0. The van der Waals surface area contributed by atoms with Crippen molar-refractivity contribution in [3.05, 3.63) is 54.1 Å².